The third-order valence-corrected chi connectivity index (χ3v) is 3.79. The molecule has 7 heteroatoms. The normalized spacial score (nSPS) is 12.1. The van der Waals surface area contributed by atoms with Crippen molar-refractivity contribution in [1.82, 2.24) is 4.90 Å². The van der Waals surface area contributed by atoms with Crippen molar-refractivity contribution < 1.29 is 28.6 Å². The van der Waals surface area contributed by atoms with Crippen LogP contribution in [0.4, 0.5) is 0 Å². The number of esters is 2. The lowest BCUT2D eigenvalue weighted by atomic mass is 9.87. The fraction of sp³-hybridized carbons (Fsp3) is 0.526. The molecule has 0 saturated heterocycles. The number of hydrogen-bond acceptors (Lipinski definition) is 6. The first-order chi connectivity index (χ1) is 12.1. The second-order valence-corrected chi connectivity index (χ2v) is 6.88. The highest BCUT2D eigenvalue weighted by Crippen LogP contribution is 2.24. The smallest absolute Gasteiger partial charge is 0.325 e. The first kappa shape index (κ1) is 21.5. The molecule has 0 heterocycles. The molecule has 26 heavy (non-hydrogen) atoms. The van der Waals surface area contributed by atoms with E-state index in [0.29, 0.717) is 5.75 Å². The van der Waals surface area contributed by atoms with Crippen molar-refractivity contribution in [2.24, 2.45) is 0 Å². The van der Waals surface area contributed by atoms with E-state index in [4.69, 9.17) is 4.74 Å². The highest BCUT2D eigenvalue weighted by Gasteiger charge is 2.27. The fourth-order valence-corrected chi connectivity index (χ4v) is 2.20. The standard InChI is InChI=1S/C19H27NO6/c1-13(26-15-9-7-14(8-10-15)19(2,3)4)18(23)20(11-16(21)24-5)12-17(22)25-6/h7-10,13H,11-12H2,1-6H3. The Labute approximate surface area is 154 Å². The zero-order chi connectivity index (χ0) is 19.9. The molecule has 0 aliphatic rings. The maximum atomic E-state index is 12.6. The minimum absolute atomic E-state index is 0.0117. The van der Waals surface area contributed by atoms with Crippen molar-refractivity contribution >= 4 is 17.8 Å². The lowest BCUT2D eigenvalue weighted by Gasteiger charge is -2.24. The van der Waals surface area contributed by atoms with Crippen molar-refractivity contribution in [3.63, 3.8) is 0 Å². The van der Waals surface area contributed by atoms with E-state index in [1.165, 1.54) is 14.2 Å². The minimum Gasteiger partial charge on any atom is -0.481 e. The molecule has 1 aromatic rings. The number of carbonyl (C=O) groups is 3. The summed E-state index contributed by atoms with van der Waals surface area (Å²) in [4.78, 5) is 36.6. The van der Waals surface area contributed by atoms with Gasteiger partial charge in [-0.15, -0.1) is 0 Å². The Morgan fingerprint density at radius 3 is 1.81 bits per heavy atom. The van der Waals surface area contributed by atoms with E-state index in [0.717, 1.165) is 10.5 Å². The number of methoxy groups -OCH3 is 2. The predicted molar refractivity (Wildman–Crippen MR) is 95.8 cm³/mol. The van der Waals surface area contributed by atoms with Crippen LogP contribution in [0.1, 0.15) is 33.3 Å². The van der Waals surface area contributed by atoms with Crippen LogP contribution in [0, 0.1) is 0 Å². The van der Waals surface area contributed by atoms with Crippen molar-refractivity contribution in [3.05, 3.63) is 29.8 Å². The van der Waals surface area contributed by atoms with Crippen molar-refractivity contribution in [2.75, 3.05) is 27.3 Å². The van der Waals surface area contributed by atoms with Crippen LogP contribution in [0.3, 0.4) is 0 Å². The molecule has 1 aromatic carbocycles. The molecule has 1 amide bonds. The van der Waals surface area contributed by atoms with E-state index in [1.807, 2.05) is 12.1 Å². The molecular weight excluding hydrogens is 338 g/mol. The van der Waals surface area contributed by atoms with Gasteiger partial charge in [-0.1, -0.05) is 32.9 Å². The first-order valence-corrected chi connectivity index (χ1v) is 8.28. The molecule has 0 N–H and O–H groups in total. The molecule has 7 nitrogen and oxygen atoms in total. The summed E-state index contributed by atoms with van der Waals surface area (Å²) in [6.07, 6.45) is -0.884. The van der Waals surface area contributed by atoms with E-state index in [9.17, 15) is 14.4 Å². The van der Waals surface area contributed by atoms with E-state index in [2.05, 4.69) is 30.2 Å². The Bertz CT molecular complexity index is 614. The Morgan fingerprint density at radius 2 is 1.42 bits per heavy atom. The highest BCUT2D eigenvalue weighted by atomic mass is 16.5. The summed E-state index contributed by atoms with van der Waals surface area (Å²) in [7, 11) is 2.42. The second-order valence-electron chi connectivity index (χ2n) is 6.88. The summed E-state index contributed by atoms with van der Waals surface area (Å²) in [5, 5.41) is 0. The van der Waals surface area contributed by atoms with Gasteiger partial charge in [0.15, 0.2) is 6.10 Å². The zero-order valence-corrected chi connectivity index (χ0v) is 16.2. The number of nitrogens with zero attached hydrogens (tertiary/aromatic N) is 1. The molecule has 144 valence electrons. The number of carbonyl (C=O) groups excluding carboxylic acids is 3. The van der Waals surface area contributed by atoms with Crippen LogP contribution in [0.15, 0.2) is 24.3 Å². The first-order valence-electron chi connectivity index (χ1n) is 8.28. The topological polar surface area (TPSA) is 82.1 Å². The summed E-state index contributed by atoms with van der Waals surface area (Å²) in [6.45, 7) is 7.15. The molecule has 0 aromatic heterocycles. The maximum Gasteiger partial charge on any atom is 0.325 e. The third kappa shape index (κ3) is 6.38. The number of ether oxygens (including phenoxy) is 3. The SMILES string of the molecule is COC(=O)CN(CC(=O)OC)C(=O)C(C)Oc1ccc(C(C)(C)C)cc1. The van der Waals surface area contributed by atoms with Gasteiger partial charge >= 0.3 is 11.9 Å². The summed E-state index contributed by atoms with van der Waals surface area (Å²) in [6, 6.07) is 7.45. The molecule has 0 bridgehead atoms. The summed E-state index contributed by atoms with van der Waals surface area (Å²) in [5.41, 5.74) is 1.15. The molecular formula is C19H27NO6. The van der Waals surface area contributed by atoms with Gasteiger partial charge in [0.05, 0.1) is 14.2 Å². The van der Waals surface area contributed by atoms with E-state index < -0.39 is 23.9 Å². The highest BCUT2D eigenvalue weighted by molar-refractivity contribution is 5.88. The van der Waals surface area contributed by atoms with Crippen molar-refractivity contribution in [1.29, 1.82) is 0 Å². The Morgan fingerprint density at radius 1 is 0.962 bits per heavy atom. The van der Waals surface area contributed by atoms with Crippen LogP contribution >= 0.6 is 0 Å². The van der Waals surface area contributed by atoms with Crippen LogP contribution in [0.5, 0.6) is 5.75 Å². The van der Waals surface area contributed by atoms with Gasteiger partial charge in [-0.05, 0) is 30.0 Å². The Kier molecular flexibility index (Phi) is 7.61. The summed E-state index contributed by atoms with van der Waals surface area (Å²) < 4.78 is 14.8. The van der Waals surface area contributed by atoms with Crippen LogP contribution in [0.2, 0.25) is 0 Å². The predicted octanol–water partition coefficient (Wildman–Crippen LogP) is 1.93. The van der Waals surface area contributed by atoms with Crippen molar-refractivity contribution in [2.45, 2.75) is 39.2 Å². The van der Waals surface area contributed by atoms with E-state index >= 15 is 0 Å². The maximum absolute atomic E-state index is 12.6. The van der Waals surface area contributed by atoms with Gasteiger partial charge in [-0.25, -0.2) is 0 Å². The number of rotatable bonds is 7. The molecule has 1 rings (SSSR count). The van der Waals surface area contributed by atoms with Gasteiger partial charge in [-0.2, -0.15) is 0 Å². The fourth-order valence-electron chi connectivity index (χ4n) is 2.20. The van der Waals surface area contributed by atoms with Gasteiger partial charge in [0.25, 0.3) is 5.91 Å². The molecule has 0 aliphatic heterocycles. The van der Waals surface area contributed by atoms with Gasteiger partial charge in [0, 0.05) is 0 Å². The van der Waals surface area contributed by atoms with Crippen LogP contribution in [-0.4, -0.2) is 56.2 Å². The number of benzene rings is 1. The molecule has 1 atom stereocenters. The molecule has 0 saturated carbocycles. The summed E-state index contributed by atoms with van der Waals surface area (Å²) >= 11 is 0. The van der Waals surface area contributed by atoms with Crippen LogP contribution < -0.4 is 4.74 Å². The molecule has 0 fully saturated rings. The van der Waals surface area contributed by atoms with E-state index in [-0.39, 0.29) is 18.5 Å². The van der Waals surface area contributed by atoms with Crippen LogP contribution in [0.25, 0.3) is 0 Å². The minimum atomic E-state index is -0.884. The zero-order valence-electron chi connectivity index (χ0n) is 16.2. The van der Waals surface area contributed by atoms with Crippen molar-refractivity contribution in [3.8, 4) is 5.75 Å². The quantitative estimate of drug-likeness (QED) is 0.687. The van der Waals surface area contributed by atoms with Gasteiger partial charge < -0.3 is 19.1 Å². The summed E-state index contributed by atoms with van der Waals surface area (Å²) in [5.74, 6) is -1.26. The van der Waals surface area contributed by atoms with Gasteiger partial charge in [-0.3, -0.25) is 14.4 Å². The lowest BCUT2D eigenvalue weighted by Crippen LogP contribution is -2.46. The Hall–Kier alpha value is -2.57. The number of amides is 1. The lowest BCUT2D eigenvalue weighted by molar-refractivity contribution is -0.154. The van der Waals surface area contributed by atoms with E-state index in [1.54, 1.807) is 19.1 Å². The average Bonchev–Trinajstić information content (AvgIpc) is 2.59. The molecule has 0 aliphatic carbocycles. The Balaban J connectivity index is 2.83. The average molecular weight is 365 g/mol. The third-order valence-electron chi connectivity index (χ3n) is 3.79. The molecule has 1 unspecified atom stereocenters. The largest absolute Gasteiger partial charge is 0.481 e. The molecule has 0 radical (unpaired) electrons. The second kappa shape index (κ2) is 9.22. The monoisotopic (exact) mass is 365 g/mol. The molecule has 0 spiro atoms. The van der Waals surface area contributed by atoms with Gasteiger partial charge in [0.1, 0.15) is 18.8 Å². The van der Waals surface area contributed by atoms with Crippen LogP contribution in [-0.2, 0) is 29.3 Å². The van der Waals surface area contributed by atoms with Gasteiger partial charge in [0.2, 0.25) is 0 Å². The number of hydrogen-bond donors (Lipinski definition) is 0.